The summed E-state index contributed by atoms with van der Waals surface area (Å²) in [6.45, 7) is 0.467. The Morgan fingerprint density at radius 1 is 1.35 bits per heavy atom. The topological polar surface area (TPSA) is 29.1 Å². The molecule has 0 saturated heterocycles. The summed E-state index contributed by atoms with van der Waals surface area (Å²) in [4.78, 5) is 11.9. The number of halogens is 4. The van der Waals surface area contributed by atoms with Gasteiger partial charge in [0.15, 0.2) is 0 Å². The molecule has 20 heavy (non-hydrogen) atoms. The van der Waals surface area contributed by atoms with Crippen molar-refractivity contribution < 1.29 is 18.0 Å². The Balaban J connectivity index is 1.99. The summed E-state index contributed by atoms with van der Waals surface area (Å²) in [6, 6.07) is 4.44. The molecule has 1 fully saturated rings. The molecule has 1 N–H and O–H groups in total. The third kappa shape index (κ3) is 3.66. The van der Waals surface area contributed by atoms with Crippen LogP contribution in [0.15, 0.2) is 24.3 Å². The van der Waals surface area contributed by atoms with Crippen LogP contribution in [-0.4, -0.2) is 18.3 Å². The predicted octanol–water partition coefficient (Wildman–Crippen LogP) is 3.84. The second-order valence-electron chi connectivity index (χ2n) is 5.20. The summed E-state index contributed by atoms with van der Waals surface area (Å²) in [5.74, 6) is 0.0522. The van der Waals surface area contributed by atoms with E-state index in [1.165, 1.54) is 12.1 Å². The lowest BCUT2D eigenvalue weighted by atomic mass is 10.0. The van der Waals surface area contributed by atoms with Gasteiger partial charge in [-0.25, -0.2) is 0 Å². The van der Waals surface area contributed by atoms with Crippen LogP contribution >= 0.6 is 11.6 Å². The summed E-state index contributed by atoms with van der Waals surface area (Å²) in [7, 11) is 0. The molecular weight excluding hydrogens is 291 g/mol. The van der Waals surface area contributed by atoms with Crippen molar-refractivity contribution in [2.75, 3.05) is 12.4 Å². The molecule has 0 aromatic heterocycles. The first kappa shape index (κ1) is 15.2. The number of benzene rings is 1. The van der Waals surface area contributed by atoms with Crippen LogP contribution in [0.5, 0.6) is 0 Å². The van der Waals surface area contributed by atoms with E-state index in [-0.39, 0.29) is 11.0 Å². The van der Waals surface area contributed by atoms with Crippen molar-refractivity contribution in [1.82, 2.24) is 5.32 Å². The fraction of sp³-hybridized carbons (Fsp3) is 0.500. The molecule has 1 aromatic rings. The average molecular weight is 306 g/mol. The summed E-state index contributed by atoms with van der Waals surface area (Å²) in [6.07, 6.45) is -1.62. The van der Waals surface area contributed by atoms with Gasteiger partial charge in [0.2, 0.25) is 0 Å². The highest BCUT2D eigenvalue weighted by atomic mass is 35.5. The summed E-state index contributed by atoms with van der Waals surface area (Å²) in [5.41, 5.74) is -0.729. The Morgan fingerprint density at radius 2 is 2.05 bits per heavy atom. The van der Waals surface area contributed by atoms with E-state index < -0.39 is 17.6 Å². The van der Waals surface area contributed by atoms with Gasteiger partial charge in [0.05, 0.1) is 5.56 Å². The molecular formula is C14H15ClF3NO. The summed E-state index contributed by atoms with van der Waals surface area (Å²) >= 11 is 5.69. The van der Waals surface area contributed by atoms with Gasteiger partial charge in [0.1, 0.15) is 0 Å². The van der Waals surface area contributed by atoms with E-state index in [1.807, 2.05) is 0 Å². The number of carbonyl (C=O) groups is 1. The van der Waals surface area contributed by atoms with E-state index >= 15 is 0 Å². The highest BCUT2D eigenvalue weighted by Gasteiger charge is 2.41. The van der Waals surface area contributed by atoms with E-state index in [9.17, 15) is 18.0 Å². The Labute approximate surface area is 120 Å². The molecule has 1 saturated carbocycles. The molecule has 1 aliphatic carbocycles. The second kappa shape index (κ2) is 5.64. The first-order valence-electron chi connectivity index (χ1n) is 6.38. The summed E-state index contributed by atoms with van der Waals surface area (Å²) < 4.78 is 37.7. The Kier molecular flexibility index (Phi) is 4.28. The molecule has 0 aliphatic heterocycles. The maximum Gasteiger partial charge on any atom is 0.416 e. The van der Waals surface area contributed by atoms with Crippen molar-refractivity contribution in [3.05, 3.63) is 35.4 Å². The van der Waals surface area contributed by atoms with E-state index in [2.05, 4.69) is 5.32 Å². The van der Waals surface area contributed by atoms with Crippen LogP contribution in [0.2, 0.25) is 0 Å². The number of hydrogen-bond acceptors (Lipinski definition) is 1. The van der Waals surface area contributed by atoms with Crippen molar-refractivity contribution in [3.8, 4) is 0 Å². The Morgan fingerprint density at radius 3 is 2.60 bits per heavy atom. The third-order valence-corrected chi connectivity index (χ3v) is 3.85. The zero-order valence-corrected chi connectivity index (χ0v) is 11.5. The first-order chi connectivity index (χ1) is 9.36. The van der Waals surface area contributed by atoms with Crippen molar-refractivity contribution in [2.45, 2.75) is 25.4 Å². The SMILES string of the molecule is O=C(NCC1(CCCl)CC1)c1cccc(C(F)(F)F)c1. The number of alkyl halides is 4. The minimum Gasteiger partial charge on any atom is -0.351 e. The average Bonchev–Trinajstić information content (AvgIpc) is 3.16. The van der Waals surface area contributed by atoms with E-state index in [1.54, 1.807) is 0 Å². The molecule has 0 atom stereocenters. The van der Waals surface area contributed by atoms with Crippen LogP contribution in [0, 0.1) is 5.41 Å². The van der Waals surface area contributed by atoms with Crippen LogP contribution in [0.25, 0.3) is 0 Å². The van der Waals surface area contributed by atoms with Crippen LogP contribution in [0.4, 0.5) is 13.2 Å². The zero-order chi connectivity index (χ0) is 14.8. The highest BCUT2D eigenvalue weighted by Crippen LogP contribution is 2.48. The molecule has 0 radical (unpaired) electrons. The molecule has 2 rings (SSSR count). The minimum atomic E-state index is -4.44. The Bertz CT molecular complexity index is 497. The van der Waals surface area contributed by atoms with Crippen LogP contribution in [-0.2, 0) is 6.18 Å². The standard InChI is InChI=1S/C14H15ClF3NO/c15-7-6-13(4-5-13)9-19-12(20)10-2-1-3-11(8-10)14(16,17)18/h1-3,8H,4-7,9H2,(H,19,20). The second-order valence-corrected chi connectivity index (χ2v) is 5.58. The molecule has 0 bridgehead atoms. The van der Waals surface area contributed by atoms with Gasteiger partial charge in [-0.3, -0.25) is 4.79 Å². The molecule has 1 aromatic carbocycles. The molecule has 2 nitrogen and oxygen atoms in total. The zero-order valence-electron chi connectivity index (χ0n) is 10.8. The van der Waals surface area contributed by atoms with Crippen LogP contribution < -0.4 is 5.32 Å². The van der Waals surface area contributed by atoms with Crippen molar-refractivity contribution in [1.29, 1.82) is 0 Å². The van der Waals surface area contributed by atoms with Gasteiger partial charge >= 0.3 is 6.18 Å². The first-order valence-corrected chi connectivity index (χ1v) is 6.91. The van der Waals surface area contributed by atoms with Gasteiger partial charge in [-0.2, -0.15) is 13.2 Å². The van der Waals surface area contributed by atoms with Gasteiger partial charge in [-0.1, -0.05) is 6.07 Å². The number of amides is 1. The van der Waals surface area contributed by atoms with Crippen molar-refractivity contribution in [2.24, 2.45) is 5.41 Å². The van der Waals surface area contributed by atoms with Gasteiger partial charge in [0.25, 0.3) is 5.91 Å². The predicted molar refractivity (Wildman–Crippen MR) is 70.8 cm³/mol. The van der Waals surface area contributed by atoms with E-state index in [4.69, 9.17) is 11.6 Å². The van der Waals surface area contributed by atoms with E-state index in [0.717, 1.165) is 31.4 Å². The maximum atomic E-state index is 12.6. The van der Waals surface area contributed by atoms with Gasteiger partial charge in [-0.15, -0.1) is 11.6 Å². The third-order valence-electron chi connectivity index (χ3n) is 3.66. The number of rotatable bonds is 5. The van der Waals surface area contributed by atoms with Gasteiger partial charge in [0, 0.05) is 18.0 Å². The fourth-order valence-electron chi connectivity index (χ4n) is 2.10. The maximum absolute atomic E-state index is 12.6. The smallest absolute Gasteiger partial charge is 0.351 e. The normalized spacial score (nSPS) is 16.8. The number of nitrogens with one attached hydrogen (secondary N) is 1. The highest BCUT2D eigenvalue weighted by molar-refractivity contribution is 6.17. The molecule has 0 spiro atoms. The van der Waals surface area contributed by atoms with Crippen molar-refractivity contribution in [3.63, 3.8) is 0 Å². The summed E-state index contributed by atoms with van der Waals surface area (Å²) in [5, 5.41) is 2.70. The van der Waals surface area contributed by atoms with Gasteiger partial charge in [-0.05, 0) is 42.9 Å². The molecule has 110 valence electrons. The number of hydrogen-bond donors (Lipinski definition) is 1. The quantitative estimate of drug-likeness (QED) is 0.823. The van der Waals surface area contributed by atoms with E-state index in [0.29, 0.717) is 12.4 Å². The van der Waals surface area contributed by atoms with Crippen molar-refractivity contribution >= 4 is 17.5 Å². The minimum absolute atomic E-state index is 0.0292. The largest absolute Gasteiger partial charge is 0.416 e. The monoisotopic (exact) mass is 305 g/mol. The Hall–Kier alpha value is -1.23. The number of carbonyl (C=O) groups excluding carboxylic acids is 1. The molecule has 0 heterocycles. The lowest BCUT2D eigenvalue weighted by molar-refractivity contribution is -0.137. The lowest BCUT2D eigenvalue weighted by Crippen LogP contribution is -2.30. The van der Waals surface area contributed by atoms with Crippen LogP contribution in [0.3, 0.4) is 0 Å². The molecule has 1 aliphatic rings. The lowest BCUT2D eigenvalue weighted by Gasteiger charge is -2.15. The molecule has 0 unspecified atom stereocenters. The molecule has 6 heteroatoms. The molecule has 1 amide bonds. The van der Waals surface area contributed by atoms with Gasteiger partial charge < -0.3 is 5.32 Å². The fourth-order valence-corrected chi connectivity index (χ4v) is 2.50. The van der Waals surface area contributed by atoms with Crippen LogP contribution in [0.1, 0.15) is 35.2 Å².